The van der Waals surface area contributed by atoms with Gasteiger partial charge in [-0.3, -0.25) is 0 Å². The molecule has 2 heteroatoms. The predicted molar refractivity (Wildman–Crippen MR) is 56.2 cm³/mol. The van der Waals surface area contributed by atoms with Crippen LogP contribution >= 0.6 is 0 Å². The Hall–Kier alpha value is -0.0800. The average molecular weight is 198 g/mol. The van der Waals surface area contributed by atoms with E-state index in [4.69, 9.17) is 4.74 Å². The van der Waals surface area contributed by atoms with E-state index in [9.17, 15) is 5.11 Å². The van der Waals surface area contributed by atoms with Crippen molar-refractivity contribution >= 4 is 0 Å². The molecule has 1 aliphatic heterocycles. The summed E-state index contributed by atoms with van der Waals surface area (Å²) in [6.07, 6.45) is 10.4. The van der Waals surface area contributed by atoms with Crippen molar-refractivity contribution in [1.29, 1.82) is 0 Å². The minimum atomic E-state index is 0.333. The Bertz CT molecular complexity index is 162. The second kappa shape index (κ2) is 4.63. The monoisotopic (exact) mass is 198 g/mol. The molecule has 2 nitrogen and oxygen atoms in total. The van der Waals surface area contributed by atoms with Crippen molar-refractivity contribution < 1.29 is 9.84 Å². The van der Waals surface area contributed by atoms with Crippen LogP contribution in [0.2, 0.25) is 0 Å². The molecule has 0 spiro atoms. The highest BCUT2D eigenvalue weighted by molar-refractivity contribution is 4.91. The van der Waals surface area contributed by atoms with Crippen molar-refractivity contribution in [3.63, 3.8) is 0 Å². The Morgan fingerprint density at radius 3 is 2.50 bits per heavy atom. The molecule has 2 aliphatic rings. The first-order valence-corrected chi connectivity index (χ1v) is 6.10. The summed E-state index contributed by atoms with van der Waals surface area (Å²) < 4.78 is 5.84. The number of aliphatic hydroxyl groups excluding tert-OH is 1. The molecule has 0 aromatic rings. The van der Waals surface area contributed by atoms with E-state index in [2.05, 4.69) is 0 Å². The van der Waals surface area contributed by atoms with Crippen LogP contribution in [0.25, 0.3) is 0 Å². The molecule has 1 saturated carbocycles. The molecular formula is C12H22O2. The highest BCUT2D eigenvalue weighted by Gasteiger charge is 2.41. The van der Waals surface area contributed by atoms with Gasteiger partial charge < -0.3 is 9.84 Å². The topological polar surface area (TPSA) is 29.5 Å². The maximum atomic E-state index is 9.19. The van der Waals surface area contributed by atoms with Gasteiger partial charge in [-0.05, 0) is 37.5 Å². The number of rotatable bonds is 3. The van der Waals surface area contributed by atoms with Gasteiger partial charge in [0.25, 0.3) is 0 Å². The molecule has 82 valence electrons. The molecule has 1 unspecified atom stereocenters. The molecule has 1 saturated heterocycles. The van der Waals surface area contributed by atoms with Crippen LogP contribution in [-0.4, -0.2) is 24.4 Å². The first-order valence-electron chi connectivity index (χ1n) is 6.10. The molecule has 0 aromatic carbocycles. The molecule has 2 fully saturated rings. The fourth-order valence-electron chi connectivity index (χ4n) is 3.27. The molecule has 0 radical (unpaired) electrons. The van der Waals surface area contributed by atoms with E-state index in [1.54, 1.807) is 0 Å². The van der Waals surface area contributed by atoms with Crippen molar-refractivity contribution in [3.8, 4) is 0 Å². The number of hydrogen-bond acceptors (Lipinski definition) is 2. The summed E-state index contributed by atoms with van der Waals surface area (Å²) in [5.41, 5.74) is 0.337. The lowest BCUT2D eigenvalue weighted by Gasteiger charge is -2.41. The number of ether oxygens (including phenoxy) is 1. The van der Waals surface area contributed by atoms with Gasteiger partial charge in [-0.1, -0.05) is 19.3 Å². The van der Waals surface area contributed by atoms with E-state index in [0.29, 0.717) is 18.1 Å². The second-order valence-corrected chi connectivity index (χ2v) is 4.90. The number of hydrogen-bond donors (Lipinski definition) is 1. The van der Waals surface area contributed by atoms with E-state index >= 15 is 0 Å². The summed E-state index contributed by atoms with van der Waals surface area (Å²) in [5, 5.41) is 9.19. The lowest BCUT2D eigenvalue weighted by molar-refractivity contribution is -0.0373. The molecule has 14 heavy (non-hydrogen) atoms. The summed E-state index contributed by atoms with van der Waals surface area (Å²) in [7, 11) is 0. The van der Waals surface area contributed by atoms with E-state index in [0.717, 1.165) is 13.0 Å². The third-order valence-electron chi connectivity index (χ3n) is 4.07. The van der Waals surface area contributed by atoms with Gasteiger partial charge in [0.05, 0.1) is 6.10 Å². The van der Waals surface area contributed by atoms with Crippen LogP contribution in [-0.2, 0) is 4.74 Å². The van der Waals surface area contributed by atoms with Gasteiger partial charge in [0, 0.05) is 13.2 Å². The van der Waals surface area contributed by atoms with Crippen molar-refractivity contribution in [3.05, 3.63) is 0 Å². The highest BCUT2D eigenvalue weighted by Crippen LogP contribution is 2.46. The number of aliphatic hydroxyl groups is 1. The quantitative estimate of drug-likeness (QED) is 0.755. The standard InChI is InChI=1S/C12H22O2/c13-9-8-12(6-2-1-3-7-12)11-5-4-10-14-11/h11,13H,1-10H2. The molecule has 1 atom stereocenters. The maximum absolute atomic E-state index is 9.19. The van der Waals surface area contributed by atoms with Crippen LogP contribution in [0.3, 0.4) is 0 Å². The third kappa shape index (κ3) is 1.96. The van der Waals surface area contributed by atoms with Gasteiger partial charge in [0.1, 0.15) is 0 Å². The molecule has 1 N–H and O–H groups in total. The van der Waals surface area contributed by atoms with Gasteiger partial charge in [-0.15, -0.1) is 0 Å². The van der Waals surface area contributed by atoms with Crippen LogP contribution in [0.4, 0.5) is 0 Å². The van der Waals surface area contributed by atoms with E-state index in [1.807, 2.05) is 0 Å². The zero-order chi connectivity index (χ0) is 9.86. The molecule has 0 bridgehead atoms. The average Bonchev–Trinajstić information content (AvgIpc) is 2.73. The van der Waals surface area contributed by atoms with Crippen molar-refractivity contribution in [1.82, 2.24) is 0 Å². The zero-order valence-corrected chi connectivity index (χ0v) is 9.00. The molecule has 1 aliphatic carbocycles. The Balaban J connectivity index is 2.02. The maximum Gasteiger partial charge on any atom is 0.0633 e. The Labute approximate surface area is 86.6 Å². The van der Waals surface area contributed by atoms with Crippen LogP contribution in [0.1, 0.15) is 51.4 Å². The summed E-state index contributed by atoms with van der Waals surface area (Å²) in [4.78, 5) is 0. The summed E-state index contributed by atoms with van der Waals surface area (Å²) in [6, 6.07) is 0. The van der Waals surface area contributed by atoms with Gasteiger partial charge in [-0.25, -0.2) is 0 Å². The lowest BCUT2D eigenvalue weighted by atomic mass is 9.67. The predicted octanol–water partition coefficient (Wildman–Crippen LogP) is 2.50. The first kappa shape index (κ1) is 10.4. The van der Waals surface area contributed by atoms with Gasteiger partial charge in [0.2, 0.25) is 0 Å². The van der Waals surface area contributed by atoms with Crippen molar-refractivity contribution in [2.45, 2.75) is 57.5 Å². The minimum absolute atomic E-state index is 0.333. The van der Waals surface area contributed by atoms with Crippen LogP contribution in [0.5, 0.6) is 0 Å². The van der Waals surface area contributed by atoms with E-state index in [1.165, 1.54) is 44.9 Å². The smallest absolute Gasteiger partial charge is 0.0633 e. The fourth-order valence-corrected chi connectivity index (χ4v) is 3.27. The SMILES string of the molecule is OCCC1(C2CCCO2)CCCCC1. The minimum Gasteiger partial charge on any atom is -0.396 e. The summed E-state index contributed by atoms with van der Waals surface area (Å²) in [5.74, 6) is 0. The Morgan fingerprint density at radius 2 is 1.93 bits per heavy atom. The van der Waals surface area contributed by atoms with Crippen molar-refractivity contribution in [2.75, 3.05) is 13.2 Å². The molecule has 0 aromatic heterocycles. The normalized spacial score (nSPS) is 31.9. The van der Waals surface area contributed by atoms with Crippen LogP contribution in [0.15, 0.2) is 0 Å². The van der Waals surface area contributed by atoms with E-state index in [-0.39, 0.29) is 0 Å². The van der Waals surface area contributed by atoms with Gasteiger partial charge in [0.15, 0.2) is 0 Å². The third-order valence-corrected chi connectivity index (χ3v) is 4.07. The summed E-state index contributed by atoms with van der Waals surface area (Å²) in [6.45, 7) is 1.28. The lowest BCUT2D eigenvalue weighted by Crippen LogP contribution is -2.37. The fraction of sp³-hybridized carbons (Fsp3) is 1.00. The molecule has 0 amide bonds. The zero-order valence-electron chi connectivity index (χ0n) is 9.00. The molecule has 2 rings (SSSR count). The highest BCUT2D eigenvalue weighted by atomic mass is 16.5. The Kier molecular flexibility index (Phi) is 3.45. The largest absolute Gasteiger partial charge is 0.396 e. The first-order chi connectivity index (χ1) is 6.87. The van der Waals surface area contributed by atoms with Crippen LogP contribution < -0.4 is 0 Å². The van der Waals surface area contributed by atoms with Crippen LogP contribution in [0, 0.1) is 5.41 Å². The molecule has 1 heterocycles. The summed E-state index contributed by atoms with van der Waals surface area (Å²) >= 11 is 0. The van der Waals surface area contributed by atoms with E-state index < -0.39 is 0 Å². The van der Waals surface area contributed by atoms with Gasteiger partial charge in [-0.2, -0.15) is 0 Å². The molecular weight excluding hydrogens is 176 g/mol. The van der Waals surface area contributed by atoms with Gasteiger partial charge >= 0.3 is 0 Å². The Morgan fingerprint density at radius 1 is 1.14 bits per heavy atom. The second-order valence-electron chi connectivity index (χ2n) is 4.90. The van der Waals surface area contributed by atoms with Crippen molar-refractivity contribution in [2.24, 2.45) is 5.41 Å².